The zero-order valence-corrected chi connectivity index (χ0v) is 20.7. The van der Waals surface area contributed by atoms with Crippen molar-refractivity contribution in [2.45, 2.75) is 33.1 Å². The zero-order chi connectivity index (χ0) is 19.6. The van der Waals surface area contributed by atoms with Gasteiger partial charge in [0.2, 0.25) is 0 Å². The molecule has 3 heterocycles. The summed E-state index contributed by atoms with van der Waals surface area (Å²) in [5, 5.41) is 4.33. The molecule has 2 unspecified atom stereocenters. The quantitative estimate of drug-likeness (QED) is 0.359. The highest BCUT2D eigenvalue weighted by Gasteiger charge is 2.42. The Bertz CT molecular complexity index is 723. The fourth-order valence-electron chi connectivity index (χ4n) is 4.85. The van der Waals surface area contributed by atoms with Crippen LogP contribution in [0.3, 0.4) is 0 Å². The summed E-state index contributed by atoms with van der Waals surface area (Å²) < 4.78 is 5.68. The Kier molecular flexibility index (Phi) is 7.95. The molecule has 1 spiro atoms. The van der Waals surface area contributed by atoms with Gasteiger partial charge in [-0.2, -0.15) is 0 Å². The first-order valence-corrected chi connectivity index (χ1v) is 11.1. The Morgan fingerprint density at radius 2 is 2.21 bits per heavy atom. The van der Waals surface area contributed by atoms with E-state index in [9.17, 15) is 0 Å². The van der Waals surface area contributed by atoms with Crippen molar-refractivity contribution in [2.24, 2.45) is 16.3 Å². The van der Waals surface area contributed by atoms with Gasteiger partial charge in [-0.05, 0) is 56.7 Å². The van der Waals surface area contributed by atoms with Crippen LogP contribution in [0.1, 0.15) is 31.7 Å². The first-order chi connectivity index (χ1) is 13.6. The lowest BCUT2D eigenvalue weighted by molar-refractivity contribution is 0.156. The van der Waals surface area contributed by atoms with Gasteiger partial charge in [-0.15, -0.1) is 24.0 Å². The molecule has 0 saturated carbocycles. The van der Waals surface area contributed by atoms with Crippen molar-refractivity contribution in [3.05, 3.63) is 28.8 Å². The molecule has 1 N–H and O–H groups in total. The predicted octanol–water partition coefficient (Wildman–Crippen LogP) is 4.17. The average Bonchev–Trinajstić information content (AvgIpc) is 3.43. The van der Waals surface area contributed by atoms with Crippen LogP contribution in [0.15, 0.2) is 23.2 Å². The molecule has 29 heavy (non-hydrogen) atoms. The highest BCUT2D eigenvalue weighted by atomic mass is 127. The van der Waals surface area contributed by atoms with Crippen molar-refractivity contribution < 1.29 is 4.74 Å². The zero-order valence-electron chi connectivity index (χ0n) is 17.6. The maximum atomic E-state index is 6.22. The van der Waals surface area contributed by atoms with E-state index in [4.69, 9.17) is 21.3 Å². The molecule has 0 radical (unpaired) electrons. The normalized spacial score (nSPS) is 27.0. The highest BCUT2D eigenvalue weighted by molar-refractivity contribution is 14.0. The molecule has 3 fully saturated rings. The van der Waals surface area contributed by atoms with Crippen LogP contribution in [0.25, 0.3) is 0 Å². The minimum atomic E-state index is 0. The molecular formula is C22H34ClIN4O. The third-order valence-corrected chi connectivity index (χ3v) is 6.79. The number of hydrogen-bond acceptors (Lipinski definition) is 3. The van der Waals surface area contributed by atoms with Crippen molar-refractivity contribution in [2.75, 3.05) is 57.4 Å². The third-order valence-electron chi connectivity index (χ3n) is 6.55. The molecule has 0 bridgehead atoms. The van der Waals surface area contributed by atoms with E-state index in [1.165, 1.54) is 30.5 Å². The number of rotatable bonds is 4. The number of halogens is 2. The van der Waals surface area contributed by atoms with Gasteiger partial charge in [0.05, 0.1) is 6.61 Å². The summed E-state index contributed by atoms with van der Waals surface area (Å²) in [6, 6.07) is 6.18. The van der Waals surface area contributed by atoms with Crippen LogP contribution in [0.4, 0.5) is 5.69 Å². The summed E-state index contributed by atoms with van der Waals surface area (Å²) in [5.41, 5.74) is 2.93. The first kappa shape index (κ1) is 22.9. The van der Waals surface area contributed by atoms with Crippen molar-refractivity contribution in [3.63, 3.8) is 0 Å². The Balaban J connectivity index is 0.00000240. The van der Waals surface area contributed by atoms with Gasteiger partial charge >= 0.3 is 0 Å². The van der Waals surface area contributed by atoms with Crippen molar-refractivity contribution >= 4 is 47.2 Å². The molecule has 0 aliphatic carbocycles. The molecule has 1 aromatic rings. The van der Waals surface area contributed by atoms with Gasteiger partial charge < -0.3 is 19.9 Å². The molecule has 0 amide bonds. The number of ether oxygens (including phenoxy) is 1. The van der Waals surface area contributed by atoms with Gasteiger partial charge in [0.1, 0.15) is 0 Å². The molecule has 3 saturated heterocycles. The molecule has 3 aliphatic heterocycles. The van der Waals surface area contributed by atoms with E-state index in [0.29, 0.717) is 11.3 Å². The van der Waals surface area contributed by atoms with E-state index in [1.54, 1.807) is 0 Å². The van der Waals surface area contributed by atoms with Gasteiger partial charge in [-0.3, -0.25) is 4.99 Å². The van der Waals surface area contributed by atoms with Crippen LogP contribution >= 0.6 is 35.6 Å². The van der Waals surface area contributed by atoms with Crippen LogP contribution in [0.5, 0.6) is 0 Å². The number of guanidine groups is 1. The van der Waals surface area contributed by atoms with Gasteiger partial charge in [0.25, 0.3) is 0 Å². The third kappa shape index (κ3) is 5.31. The van der Waals surface area contributed by atoms with Crippen LogP contribution < -0.4 is 10.2 Å². The Labute approximate surface area is 197 Å². The molecule has 162 valence electrons. The Hall–Kier alpha value is -0.730. The van der Waals surface area contributed by atoms with Crippen molar-refractivity contribution in [1.82, 2.24) is 10.2 Å². The second-order valence-corrected chi connectivity index (χ2v) is 9.14. The smallest absolute Gasteiger partial charge is 0.193 e. The topological polar surface area (TPSA) is 40.1 Å². The highest BCUT2D eigenvalue weighted by Crippen LogP contribution is 2.38. The van der Waals surface area contributed by atoms with E-state index in [1.807, 2.05) is 6.07 Å². The van der Waals surface area contributed by atoms with Gasteiger partial charge in [0, 0.05) is 62.0 Å². The van der Waals surface area contributed by atoms with E-state index in [0.717, 1.165) is 63.5 Å². The van der Waals surface area contributed by atoms with Crippen LogP contribution in [0.2, 0.25) is 5.02 Å². The number of hydrogen-bond donors (Lipinski definition) is 1. The maximum absolute atomic E-state index is 6.22. The van der Waals surface area contributed by atoms with Gasteiger partial charge in [-0.25, -0.2) is 0 Å². The predicted molar refractivity (Wildman–Crippen MR) is 132 cm³/mol. The lowest BCUT2D eigenvalue weighted by Crippen LogP contribution is -2.41. The van der Waals surface area contributed by atoms with E-state index in [-0.39, 0.29) is 24.0 Å². The number of aryl methyl sites for hydroxylation is 1. The second-order valence-electron chi connectivity index (χ2n) is 8.70. The van der Waals surface area contributed by atoms with Gasteiger partial charge in [-0.1, -0.05) is 17.7 Å². The summed E-state index contributed by atoms with van der Waals surface area (Å²) in [5.74, 6) is 1.68. The number of nitrogens with zero attached hydrogens (tertiary/aromatic N) is 3. The molecule has 3 aliphatic rings. The summed E-state index contributed by atoms with van der Waals surface area (Å²) in [4.78, 5) is 9.96. The molecule has 1 aromatic carbocycles. The monoisotopic (exact) mass is 532 g/mol. The fraction of sp³-hybridized carbons (Fsp3) is 0.682. The lowest BCUT2D eigenvalue weighted by atomic mass is 9.87. The SMILES string of the molecule is CCNC(=NCC1CCN(c2cc(Cl)ccc2C)C1)N1CCC2(CCOC2)C1.I. The van der Waals surface area contributed by atoms with Crippen LogP contribution in [-0.2, 0) is 4.74 Å². The Morgan fingerprint density at radius 1 is 1.34 bits per heavy atom. The fourth-order valence-corrected chi connectivity index (χ4v) is 5.02. The molecule has 0 aromatic heterocycles. The average molecular weight is 533 g/mol. The number of aliphatic imine (C=N–C) groups is 1. The minimum absolute atomic E-state index is 0. The molecular weight excluding hydrogens is 499 g/mol. The van der Waals surface area contributed by atoms with E-state index in [2.05, 4.69) is 41.1 Å². The summed E-state index contributed by atoms with van der Waals surface area (Å²) in [7, 11) is 0. The van der Waals surface area contributed by atoms with Crippen molar-refractivity contribution in [3.8, 4) is 0 Å². The molecule has 2 atom stereocenters. The lowest BCUT2D eigenvalue weighted by Gasteiger charge is -2.25. The summed E-state index contributed by atoms with van der Waals surface area (Å²) in [6.07, 6.45) is 3.61. The largest absolute Gasteiger partial charge is 0.381 e. The summed E-state index contributed by atoms with van der Waals surface area (Å²) >= 11 is 6.22. The molecule has 5 nitrogen and oxygen atoms in total. The minimum Gasteiger partial charge on any atom is -0.381 e. The second kappa shape index (κ2) is 10.1. The molecule has 4 rings (SSSR count). The number of benzene rings is 1. The molecule has 7 heteroatoms. The number of likely N-dealkylation sites (tertiary alicyclic amines) is 1. The standard InChI is InChI=1S/C22H33ClN4O.HI/c1-3-24-21(27-10-7-22(15-27)8-11-28-16-22)25-13-18-6-9-26(14-18)20-12-19(23)5-4-17(20)2;/h4-5,12,18H,3,6-11,13-16H2,1-2H3,(H,24,25);1H. The number of nitrogens with one attached hydrogen (secondary N) is 1. The number of anilines is 1. The van der Waals surface area contributed by atoms with E-state index >= 15 is 0 Å². The van der Waals surface area contributed by atoms with E-state index < -0.39 is 0 Å². The van der Waals surface area contributed by atoms with Crippen LogP contribution in [0, 0.1) is 18.3 Å². The first-order valence-electron chi connectivity index (χ1n) is 10.7. The maximum Gasteiger partial charge on any atom is 0.193 e. The summed E-state index contributed by atoms with van der Waals surface area (Å²) in [6.45, 7) is 12.3. The van der Waals surface area contributed by atoms with Gasteiger partial charge in [0.15, 0.2) is 5.96 Å². The van der Waals surface area contributed by atoms with Crippen LogP contribution in [-0.4, -0.2) is 63.3 Å². The Morgan fingerprint density at radius 3 is 2.97 bits per heavy atom. The van der Waals surface area contributed by atoms with Crippen molar-refractivity contribution in [1.29, 1.82) is 0 Å².